The fourth-order valence-electron chi connectivity index (χ4n) is 3.64. The minimum absolute atomic E-state index is 0.000949. The maximum absolute atomic E-state index is 14.0. The van der Waals surface area contributed by atoms with E-state index >= 15 is 0 Å². The maximum atomic E-state index is 14.0. The highest BCUT2D eigenvalue weighted by Gasteiger charge is 2.30. The number of hydrogen-bond donors (Lipinski definition) is 1. The van der Waals surface area contributed by atoms with Crippen molar-refractivity contribution in [2.75, 3.05) is 13.2 Å². The van der Waals surface area contributed by atoms with E-state index in [-0.39, 0.29) is 24.8 Å². The number of ether oxygens (including phenoxy) is 1. The number of para-hydroxylation sites is 1. The average molecular weight is 449 g/mol. The molecule has 0 aromatic heterocycles. The zero-order valence-corrected chi connectivity index (χ0v) is 19.0. The summed E-state index contributed by atoms with van der Waals surface area (Å²) in [5.74, 6) is -1.18. The topological polar surface area (TPSA) is 58.6 Å². The third-order valence-corrected chi connectivity index (χ3v) is 5.25. The maximum Gasteiger partial charge on any atom is 0.261 e. The van der Waals surface area contributed by atoms with Gasteiger partial charge in [-0.1, -0.05) is 72.3 Å². The Labute approximate surface area is 194 Å². The van der Waals surface area contributed by atoms with Crippen molar-refractivity contribution in [1.82, 2.24) is 10.2 Å². The van der Waals surface area contributed by atoms with E-state index in [4.69, 9.17) is 4.74 Å². The Kier molecular flexibility index (Phi) is 8.58. The van der Waals surface area contributed by atoms with Crippen LogP contribution < -0.4 is 10.1 Å². The molecule has 0 aliphatic rings. The molecule has 33 heavy (non-hydrogen) atoms. The zero-order chi connectivity index (χ0) is 23.6. The number of aryl methyl sites for hydroxylation is 1. The molecular formula is C27H29FN2O3. The molecule has 0 radical (unpaired) electrons. The molecule has 0 aliphatic carbocycles. The van der Waals surface area contributed by atoms with Gasteiger partial charge in [0.1, 0.15) is 6.04 Å². The minimum Gasteiger partial charge on any atom is -0.481 e. The molecule has 5 nitrogen and oxygen atoms in total. The molecule has 2 amide bonds. The van der Waals surface area contributed by atoms with Crippen molar-refractivity contribution in [3.8, 4) is 5.75 Å². The lowest BCUT2D eigenvalue weighted by Crippen LogP contribution is -2.51. The third-order valence-electron chi connectivity index (χ3n) is 5.25. The molecule has 0 fully saturated rings. The summed E-state index contributed by atoms with van der Waals surface area (Å²) in [6, 6.07) is 22.6. The minimum atomic E-state index is -0.746. The highest BCUT2D eigenvalue weighted by atomic mass is 19.1. The number of hydrogen-bond acceptors (Lipinski definition) is 3. The lowest BCUT2D eigenvalue weighted by atomic mass is 10.0. The second-order valence-corrected chi connectivity index (χ2v) is 7.83. The van der Waals surface area contributed by atoms with Crippen LogP contribution >= 0.6 is 0 Å². The van der Waals surface area contributed by atoms with Gasteiger partial charge in [0.05, 0.1) is 0 Å². The first-order valence-corrected chi connectivity index (χ1v) is 11.0. The van der Waals surface area contributed by atoms with Crippen LogP contribution in [-0.4, -0.2) is 35.9 Å². The molecule has 1 atom stereocenters. The molecule has 0 heterocycles. The number of rotatable bonds is 10. The molecule has 3 aromatic rings. The summed E-state index contributed by atoms with van der Waals surface area (Å²) in [5, 5.41) is 2.85. The van der Waals surface area contributed by atoms with E-state index in [1.807, 2.05) is 68.4 Å². The predicted octanol–water partition coefficient (Wildman–Crippen LogP) is 4.29. The first-order chi connectivity index (χ1) is 16.0. The molecule has 0 spiro atoms. The van der Waals surface area contributed by atoms with E-state index in [1.54, 1.807) is 12.1 Å². The number of amides is 2. The van der Waals surface area contributed by atoms with Crippen LogP contribution in [0.5, 0.6) is 5.75 Å². The highest BCUT2D eigenvalue weighted by Crippen LogP contribution is 2.18. The average Bonchev–Trinajstić information content (AvgIpc) is 2.81. The van der Waals surface area contributed by atoms with Gasteiger partial charge in [0.25, 0.3) is 5.91 Å². The number of nitrogens with one attached hydrogen (secondary N) is 1. The van der Waals surface area contributed by atoms with Crippen molar-refractivity contribution < 1.29 is 18.7 Å². The Morgan fingerprint density at radius 1 is 0.970 bits per heavy atom. The second-order valence-electron chi connectivity index (χ2n) is 7.83. The normalized spacial score (nSPS) is 11.5. The van der Waals surface area contributed by atoms with E-state index < -0.39 is 17.8 Å². The van der Waals surface area contributed by atoms with Crippen LogP contribution in [-0.2, 0) is 22.6 Å². The van der Waals surface area contributed by atoms with Gasteiger partial charge in [0.2, 0.25) is 5.91 Å². The van der Waals surface area contributed by atoms with Crippen LogP contribution in [0.2, 0.25) is 0 Å². The lowest BCUT2D eigenvalue weighted by Gasteiger charge is -2.31. The summed E-state index contributed by atoms with van der Waals surface area (Å²) in [5.41, 5.74) is 2.89. The summed E-state index contributed by atoms with van der Waals surface area (Å²) >= 11 is 0. The monoisotopic (exact) mass is 448 g/mol. The predicted molar refractivity (Wildman–Crippen MR) is 126 cm³/mol. The standard InChI is InChI=1S/C27H29FN2O3/c1-3-29-27(32)24(17-21-11-5-4-6-12-21)30(18-22-13-9-10-20(2)16-22)26(31)19-33-25-15-8-7-14-23(25)28/h4-16,24H,3,17-19H2,1-2H3,(H,29,32). The summed E-state index contributed by atoms with van der Waals surface area (Å²) in [4.78, 5) is 28.0. The summed E-state index contributed by atoms with van der Waals surface area (Å²) in [6.45, 7) is 4.11. The Balaban J connectivity index is 1.90. The van der Waals surface area contributed by atoms with Gasteiger partial charge >= 0.3 is 0 Å². The van der Waals surface area contributed by atoms with Crippen LogP contribution in [0, 0.1) is 12.7 Å². The van der Waals surface area contributed by atoms with Crippen LogP contribution in [0.4, 0.5) is 4.39 Å². The Bertz CT molecular complexity index is 1070. The quantitative estimate of drug-likeness (QED) is 0.503. The Morgan fingerprint density at radius 3 is 2.36 bits per heavy atom. The van der Waals surface area contributed by atoms with E-state index in [0.29, 0.717) is 13.0 Å². The molecule has 3 rings (SSSR count). The van der Waals surface area contributed by atoms with E-state index in [0.717, 1.165) is 16.7 Å². The Hall–Kier alpha value is -3.67. The molecule has 0 bridgehead atoms. The van der Waals surface area contributed by atoms with Crippen molar-refractivity contribution in [3.63, 3.8) is 0 Å². The molecule has 0 aliphatic heterocycles. The van der Waals surface area contributed by atoms with E-state index in [2.05, 4.69) is 5.32 Å². The smallest absolute Gasteiger partial charge is 0.261 e. The highest BCUT2D eigenvalue weighted by molar-refractivity contribution is 5.88. The fourth-order valence-corrected chi connectivity index (χ4v) is 3.64. The number of benzene rings is 3. The molecule has 3 aromatic carbocycles. The molecule has 6 heteroatoms. The molecule has 1 N–H and O–H groups in total. The van der Waals surface area contributed by atoms with Crippen molar-refractivity contribution >= 4 is 11.8 Å². The van der Waals surface area contributed by atoms with Crippen LogP contribution in [0.3, 0.4) is 0 Å². The van der Waals surface area contributed by atoms with Gasteiger partial charge in [-0.2, -0.15) is 0 Å². The second kappa shape index (κ2) is 11.8. The fraction of sp³-hybridized carbons (Fsp3) is 0.259. The lowest BCUT2D eigenvalue weighted by molar-refractivity contribution is -0.142. The first kappa shape index (κ1) is 24.0. The number of halogens is 1. The van der Waals surface area contributed by atoms with Gasteiger partial charge in [0.15, 0.2) is 18.2 Å². The molecule has 1 unspecified atom stereocenters. The summed E-state index contributed by atoms with van der Waals surface area (Å²) in [6.07, 6.45) is 0.351. The number of carbonyl (C=O) groups excluding carboxylic acids is 2. The van der Waals surface area contributed by atoms with Crippen LogP contribution in [0.1, 0.15) is 23.6 Å². The summed E-state index contributed by atoms with van der Waals surface area (Å²) in [7, 11) is 0. The van der Waals surface area contributed by atoms with Crippen molar-refractivity contribution in [1.29, 1.82) is 0 Å². The van der Waals surface area contributed by atoms with E-state index in [1.165, 1.54) is 17.0 Å². The Morgan fingerprint density at radius 2 is 1.67 bits per heavy atom. The van der Waals surface area contributed by atoms with Gasteiger partial charge in [0, 0.05) is 19.5 Å². The molecule has 0 saturated carbocycles. The van der Waals surface area contributed by atoms with Gasteiger partial charge in [-0.25, -0.2) is 4.39 Å². The van der Waals surface area contributed by atoms with Gasteiger partial charge < -0.3 is 15.0 Å². The van der Waals surface area contributed by atoms with Gasteiger partial charge in [-0.15, -0.1) is 0 Å². The number of likely N-dealkylation sites (N-methyl/N-ethyl adjacent to an activating group) is 1. The number of carbonyl (C=O) groups is 2. The molecule has 0 saturated heterocycles. The van der Waals surface area contributed by atoms with Crippen molar-refractivity contribution in [2.24, 2.45) is 0 Å². The largest absolute Gasteiger partial charge is 0.481 e. The first-order valence-electron chi connectivity index (χ1n) is 11.0. The van der Waals surface area contributed by atoms with Crippen LogP contribution in [0.25, 0.3) is 0 Å². The molecular weight excluding hydrogens is 419 g/mol. The molecule has 172 valence electrons. The summed E-state index contributed by atoms with van der Waals surface area (Å²) < 4.78 is 19.5. The van der Waals surface area contributed by atoms with Gasteiger partial charge in [-0.05, 0) is 37.1 Å². The third kappa shape index (κ3) is 6.91. The zero-order valence-electron chi connectivity index (χ0n) is 19.0. The number of nitrogens with zero attached hydrogens (tertiary/aromatic N) is 1. The van der Waals surface area contributed by atoms with Crippen molar-refractivity contribution in [3.05, 3.63) is 101 Å². The van der Waals surface area contributed by atoms with Crippen molar-refractivity contribution in [2.45, 2.75) is 32.9 Å². The van der Waals surface area contributed by atoms with E-state index in [9.17, 15) is 14.0 Å². The van der Waals surface area contributed by atoms with Crippen LogP contribution in [0.15, 0.2) is 78.9 Å². The van der Waals surface area contributed by atoms with Gasteiger partial charge in [-0.3, -0.25) is 9.59 Å². The SMILES string of the molecule is CCNC(=O)C(Cc1ccccc1)N(Cc1cccc(C)c1)C(=O)COc1ccccc1F.